The highest BCUT2D eigenvalue weighted by Crippen LogP contribution is 2.26. The number of hydrogen-bond acceptors (Lipinski definition) is 3. The van der Waals surface area contributed by atoms with Crippen LogP contribution in [0.3, 0.4) is 0 Å². The van der Waals surface area contributed by atoms with Crippen molar-refractivity contribution in [3.63, 3.8) is 0 Å². The molecule has 1 aliphatic rings. The maximum atomic E-state index is 12.8. The fourth-order valence-corrected chi connectivity index (χ4v) is 5.13. The van der Waals surface area contributed by atoms with Gasteiger partial charge in [-0.2, -0.15) is 0 Å². The molecule has 0 N–H and O–H groups in total. The van der Waals surface area contributed by atoms with Gasteiger partial charge in [0.1, 0.15) is 0 Å². The van der Waals surface area contributed by atoms with Crippen LogP contribution in [0, 0.1) is 6.92 Å². The molecule has 0 spiro atoms. The van der Waals surface area contributed by atoms with Crippen molar-refractivity contribution < 1.29 is 4.79 Å². The van der Waals surface area contributed by atoms with Crippen LogP contribution in [0.15, 0.2) is 42.5 Å². The van der Waals surface area contributed by atoms with Gasteiger partial charge in [-0.15, -0.1) is 11.3 Å². The van der Waals surface area contributed by atoms with Gasteiger partial charge in [0.25, 0.3) is 0 Å². The average molecular weight is 379 g/mol. The summed E-state index contributed by atoms with van der Waals surface area (Å²) in [7, 11) is 0. The molecule has 1 aromatic heterocycles. The summed E-state index contributed by atoms with van der Waals surface area (Å²) >= 11 is 1.70. The molecule has 1 unspecified atom stereocenters. The van der Waals surface area contributed by atoms with Crippen molar-refractivity contribution in [2.45, 2.75) is 52.0 Å². The van der Waals surface area contributed by atoms with E-state index in [4.69, 9.17) is 4.98 Å². The zero-order chi connectivity index (χ0) is 18.8. The minimum absolute atomic E-state index is 0.255. The van der Waals surface area contributed by atoms with Gasteiger partial charge in [-0.05, 0) is 49.4 Å². The molecule has 3 aromatic rings. The smallest absolute Gasteiger partial charge is 0.228 e. The Hall–Kier alpha value is -2.20. The molecule has 140 valence electrons. The van der Waals surface area contributed by atoms with E-state index in [9.17, 15) is 4.79 Å². The van der Waals surface area contributed by atoms with Gasteiger partial charge in [0, 0.05) is 23.9 Å². The van der Waals surface area contributed by atoms with Gasteiger partial charge in [-0.3, -0.25) is 4.79 Å². The number of amides is 1. The Morgan fingerprint density at radius 2 is 2.00 bits per heavy atom. The van der Waals surface area contributed by atoms with Gasteiger partial charge >= 0.3 is 0 Å². The van der Waals surface area contributed by atoms with Crippen LogP contribution in [0.1, 0.15) is 47.3 Å². The first-order chi connectivity index (χ1) is 13.1. The number of aryl methyl sites for hydroxylation is 1. The molecule has 27 heavy (non-hydrogen) atoms. The standard InChI is InChI=1S/C23H26N2OS/c1-16-8-5-6-13-25(16)23(26)15-21-17(2)24-22(27-21)14-19-11-7-10-18-9-3-4-12-20(18)19/h3-4,7,9-12,16H,5-6,8,13-15H2,1-2H3. The van der Waals surface area contributed by atoms with E-state index in [0.717, 1.165) is 41.4 Å². The lowest BCUT2D eigenvalue weighted by Crippen LogP contribution is -2.42. The molecule has 2 aromatic carbocycles. The van der Waals surface area contributed by atoms with E-state index in [1.54, 1.807) is 11.3 Å². The van der Waals surface area contributed by atoms with Crippen molar-refractivity contribution in [3.05, 3.63) is 63.6 Å². The van der Waals surface area contributed by atoms with Gasteiger partial charge in [-0.1, -0.05) is 42.5 Å². The maximum Gasteiger partial charge on any atom is 0.228 e. The monoisotopic (exact) mass is 378 g/mol. The summed E-state index contributed by atoms with van der Waals surface area (Å²) in [5.74, 6) is 0.255. The summed E-state index contributed by atoms with van der Waals surface area (Å²) in [6.45, 7) is 5.11. The Labute approximate surface area is 165 Å². The van der Waals surface area contributed by atoms with Crippen LogP contribution >= 0.6 is 11.3 Å². The molecule has 4 heteroatoms. The van der Waals surface area contributed by atoms with E-state index in [1.807, 2.05) is 6.92 Å². The van der Waals surface area contributed by atoms with Gasteiger partial charge in [0.2, 0.25) is 5.91 Å². The number of carbonyl (C=O) groups excluding carboxylic acids is 1. The second kappa shape index (κ2) is 7.81. The SMILES string of the molecule is Cc1nc(Cc2cccc3ccccc23)sc1CC(=O)N1CCCCC1C. The molecule has 4 rings (SSSR count). The zero-order valence-corrected chi connectivity index (χ0v) is 16.9. The van der Waals surface area contributed by atoms with Crippen LogP contribution in [-0.2, 0) is 17.6 Å². The fraction of sp³-hybridized carbons (Fsp3) is 0.391. The Kier molecular flexibility index (Phi) is 5.26. The van der Waals surface area contributed by atoms with Gasteiger partial charge in [0.05, 0.1) is 17.1 Å². The van der Waals surface area contributed by atoms with E-state index in [0.29, 0.717) is 12.5 Å². The third-order valence-corrected chi connectivity index (χ3v) is 6.75. The van der Waals surface area contributed by atoms with Crippen molar-refractivity contribution in [2.24, 2.45) is 0 Å². The van der Waals surface area contributed by atoms with Crippen LogP contribution in [0.4, 0.5) is 0 Å². The summed E-state index contributed by atoms with van der Waals surface area (Å²) in [6, 6.07) is 15.3. The van der Waals surface area contributed by atoms with Crippen molar-refractivity contribution >= 4 is 28.0 Å². The Bertz CT molecular complexity index is 957. The quantitative estimate of drug-likeness (QED) is 0.630. The number of benzene rings is 2. The van der Waals surface area contributed by atoms with E-state index in [1.165, 1.54) is 22.8 Å². The first kappa shape index (κ1) is 18.2. The van der Waals surface area contributed by atoms with Crippen molar-refractivity contribution in [1.82, 2.24) is 9.88 Å². The topological polar surface area (TPSA) is 33.2 Å². The average Bonchev–Trinajstić information content (AvgIpc) is 3.01. The highest BCUT2D eigenvalue weighted by Gasteiger charge is 2.24. The van der Waals surface area contributed by atoms with Crippen LogP contribution in [0.2, 0.25) is 0 Å². The summed E-state index contributed by atoms with van der Waals surface area (Å²) in [6.07, 6.45) is 4.80. The van der Waals surface area contributed by atoms with Crippen LogP contribution < -0.4 is 0 Å². The van der Waals surface area contributed by atoms with Crippen LogP contribution in [-0.4, -0.2) is 28.4 Å². The van der Waals surface area contributed by atoms with Gasteiger partial charge in [-0.25, -0.2) is 4.98 Å². The molecular formula is C23H26N2OS. The fourth-order valence-electron chi connectivity index (χ4n) is 4.04. The highest BCUT2D eigenvalue weighted by atomic mass is 32.1. The largest absolute Gasteiger partial charge is 0.340 e. The lowest BCUT2D eigenvalue weighted by Gasteiger charge is -2.33. The number of hydrogen-bond donors (Lipinski definition) is 0. The molecule has 0 saturated carbocycles. The minimum Gasteiger partial charge on any atom is -0.340 e. The summed E-state index contributed by atoms with van der Waals surface area (Å²) in [5, 5.41) is 3.64. The van der Waals surface area contributed by atoms with E-state index in [2.05, 4.69) is 54.3 Å². The summed E-state index contributed by atoms with van der Waals surface area (Å²) in [4.78, 5) is 20.7. The summed E-state index contributed by atoms with van der Waals surface area (Å²) in [5.41, 5.74) is 2.30. The van der Waals surface area contributed by atoms with Crippen LogP contribution in [0.25, 0.3) is 10.8 Å². The lowest BCUT2D eigenvalue weighted by molar-refractivity contribution is -0.133. The first-order valence-electron chi connectivity index (χ1n) is 9.83. The third kappa shape index (κ3) is 3.91. The number of likely N-dealkylation sites (tertiary alicyclic amines) is 1. The number of nitrogens with zero attached hydrogens (tertiary/aromatic N) is 2. The molecule has 3 nitrogen and oxygen atoms in total. The zero-order valence-electron chi connectivity index (χ0n) is 16.1. The highest BCUT2D eigenvalue weighted by molar-refractivity contribution is 7.11. The van der Waals surface area contributed by atoms with Crippen molar-refractivity contribution in [2.75, 3.05) is 6.54 Å². The Balaban J connectivity index is 1.52. The minimum atomic E-state index is 0.255. The number of rotatable bonds is 4. The predicted octanol–water partition coefficient (Wildman–Crippen LogP) is 5.14. The third-order valence-electron chi connectivity index (χ3n) is 5.59. The Morgan fingerprint density at radius 1 is 1.19 bits per heavy atom. The molecule has 1 aliphatic heterocycles. The molecule has 1 saturated heterocycles. The molecule has 0 radical (unpaired) electrons. The number of thiazole rings is 1. The normalized spacial score (nSPS) is 17.4. The molecular weight excluding hydrogens is 352 g/mol. The first-order valence-corrected chi connectivity index (χ1v) is 10.6. The molecule has 1 fully saturated rings. The van der Waals surface area contributed by atoms with E-state index < -0.39 is 0 Å². The number of carbonyl (C=O) groups is 1. The van der Waals surface area contributed by atoms with Crippen molar-refractivity contribution in [1.29, 1.82) is 0 Å². The predicted molar refractivity (Wildman–Crippen MR) is 112 cm³/mol. The number of fused-ring (bicyclic) bond motifs is 1. The van der Waals surface area contributed by atoms with E-state index >= 15 is 0 Å². The number of piperidine rings is 1. The van der Waals surface area contributed by atoms with Gasteiger partial charge < -0.3 is 4.90 Å². The molecule has 0 aliphatic carbocycles. The summed E-state index contributed by atoms with van der Waals surface area (Å²) < 4.78 is 0. The molecule has 0 bridgehead atoms. The maximum absolute atomic E-state index is 12.8. The Morgan fingerprint density at radius 3 is 2.85 bits per heavy atom. The van der Waals surface area contributed by atoms with Gasteiger partial charge in [0.15, 0.2) is 0 Å². The molecule has 1 atom stereocenters. The second-order valence-electron chi connectivity index (χ2n) is 7.54. The van der Waals surface area contributed by atoms with E-state index in [-0.39, 0.29) is 5.91 Å². The number of aromatic nitrogens is 1. The second-order valence-corrected chi connectivity index (χ2v) is 8.71. The molecule has 2 heterocycles. The molecule has 1 amide bonds. The van der Waals surface area contributed by atoms with Crippen LogP contribution in [0.5, 0.6) is 0 Å². The lowest BCUT2D eigenvalue weighted by atomic mass is 10.0. The van der Waals surface area contributed by atoms with Crippen molar-refractivity contribution in [3.8, 4) is 0 Å².